The summed E-state index contributed by atoms with van der Waals surface area (Å²) < 4.78 is 33.6. The first-order chi connectivity index (χ1) is 11.5. The molecular formula is C16H11F2N3O3. The number of nitriles is 1. The Labute approximate surface area is 135 Å². The zero-order valence-corrected chi connectivity index (χ0v) is 12.2. The summed E-state index contributed by atoms with van der Waals surface area (Å²) in [4.78, 5) is 16.4. The van der Waals surface area contributed by atoms with E-state index in [-0.39, 0.29) is 23.5 Å². The molecule has 0 spiro atoms. The summed E-state index contributed by atoms with van der Waals surface area (Å²) in [7, 11) is 0. The summed E-state index contributed by atoms with van der Waals surface area (Å²) >= 11 is 0. The third-order valence-corrected chi connectivity index (χ3v) is 3.62. The number of aliphatic hydroxyl groups excluding tert-OH is 1. The number of pyridine rings is 1. The second-order valence-corrected chi connectivity index (χ2v) is 5.10. The van der Waals surface area contributed by atoms with E-state index < -0.39 is 30.4 Å². The highest BCUT2D eigenvalue weighted by molar-refractivity contribution is 5.90. The Balaban J connectivity index is 1.97. The summed E-state index contributed by atoms with van der Waals surface area (Å²) in [6.07, 6.45) is -0.357. The normalized spacial score (nSPS) is 16.8. The van der Waals surface area contributed by atoms with Gasteiger partial charge in [0.15, 0.2) is 11.6 Å². The molecule has 122 valence electrons. The molecule has 1 fully saturated rings. The molecule has 1 N–H and O–H groups in total. The highest BCUT2D eigenvalue weighted by Gasteiger charge is 2.34. The molecule has 6 nitrogen and oxygen atoms in total. The summed E-state index contributed by atoms with van der Waals surface area (Å²) in [5.41, 5.74) is 0.151. The highest BCUT2D eigenvalue weighted by atomic mass is 19.2. The van der Waals surface area contributed by atoms with Crippen LogP contribution in [0.1, 0.15) is 5.69 Å². The van der Waals surface area contributed by atoms with Crippen LogP contribution >= 0.6 is 0 Å². The molecule has 1 saturated heterocycles. The van der Waals surface area contributed by atoms with Crippen molar-refractivity contribution in [2.24, 2.45) is 0 Å². The maximum atomic E-state index is 14.4. The first-order valence-electron chi connectivity index (χ1n) is 6.98. The molecule has 0 aliphatic carbocycles. The van der Waals surface area contributed by atoms with E-state index in [4.69, 9.17) is 15.1 Å². The topological polar surface area (TPSA) is 86.5 Å². The van der Waals surface area contributed by atoms with Gasteiger partial charge in [-0.15, -0.1) is 0 Å². The fourth-order valence-corrected chi connectivity index (χ4v) is 2.40. The van der Waals surface area contributed by atoms with Crippen molar-refractivity contribution in [1.29, 1.82) is 5.26 Å². The Kier molecular flexibility index (Phi) is 4.10. The van der Waals surface area contributed by atoms with Crippen LogP contribution in [0.2, 0.25) is 0 Å². The van der Waals surface area contributed by atoms with Crippen molar-refractivity contribution in [3.05, 3.63) is 47.8 Å². The number of nitrogens with zero attached hydrogens (tertiary/aromatic N) is 3. The van der Waals surface area contributed by atoms with Crippen LogP contribution < -0.4 is 4.90 Å². The largest absolute Gasteiger partial charge is 0.441 e. The van der Waals surface area contributed by atoms with Gasteiger partial charge in [0.1, 0.15) is 17.9 Å². The molecular weight excluding hydrogens is 320 g/mol. The Morgan fingerprint density at radius 3 is 2.71 bits per heavy atom. The van der Waals surface area contributed by atoms with Crippen molar-refractivity contribution in [2.75, 3.05) is 18.1 Å². The first kappa shape index (κ1) is 15.8. The van der Waals surface area contributed by atoms with Crippen LogP contribution in [0.25, 0.3) is 11.1 Å². The molecule has 2 heterocycles. The molecule has 1 atom stereocenters. The quantitative estimate of drug-likeness (QED) is 0.932. The summed E-state index contributed by atoms with van der Waals surface area (Å²) in [6, 6.07) is 7.25. The maximum Gasteiger partial charge on any atom is 0.414 e. The average molecular weight is 331 g/mol. The molecule has 0 radical (unpaired) electrons. The number of carbonyl (C=O) groups is 1. The number of benzene rings is 1. The molecule has 2 aromatic rings. The standard InChI is InChI=1S/C16H11F2N3O3/c17-14-12(9-1-2-10(5-19)20-6-9)3-4-13(15(14)18)21-7-11(8-22)24-16(21)23/h1-4,6,11,22H,7-8H2/t11-/m1/s1. The lowest BCUT2D eigenvalue weighted by Crippen LogP contribution is -2.26. The maximum absolute atomic E-state index is 14.4. The van der Waals surface area contributed by atoms with E-state index in [1.807, 2.05) is 6.07 Å². The minimum Gasteiger partial charge on any atom is -0.441 e. The van der Waals surface area contributed by atoms with Crippen LogP contribution in [0.3, 0.4) is 0 Å². The van der Waals surface area contributed by atoms with Gasteiger partial charge in [0.2, 0.25) is 0 Å². The Bertz CT molecular complexity index is 834. The number of carbonyl (C=O) groups excluding carboxylic acids is 1. The molecule has 3 rings (SSSR count). The van der Waals surface area contributed by atoms with Crippen molar-refractivity contribution < 1.29 is 23.4 Å². The summed E-state index contributed by atoms with van der Waals surface area (Å²) in [6.45, 7) is -0.467. The second-order valence-electron chi connectivity index (χ2n) is 5.10. The molecule has 0 saturated carbocycles. The third-order valence-electron chi connectivity index (χ3n) is 3.62. The van der Waals surface area contributed by atoms with Gasteiger partial charge >= 0.3 is 6.09 Å². The van der Waals surface area contributed by atoms with Crippen molar-refractivity contribution >= 4 is 11.8 Å². The molecule has 24 heavy (non-hydrogen) atoms. The lowest BCUT2D eigenvalue weighted by atomic mass is 10.1. The number of aromatic nitrogens is 1. The van der Waals surface area contributed by atoms with Crippen molar-refractivity contribution in [1.82, 2.24) is 4.98 Å². The molecule has 1 amide bonds. The molecule has 1 aromatic heterocycles. The number of aliphatic hydroxyl groups is 1. The molecule has 1 aliphatic heterocycles. The SMILES string of the molecule is N#Cc1ccc(-c2ccc(N3C[C@H](CO)OC3=O)c(F)c2F)cn1. The molecule has 8 heteroatoms. The number of anilines is 1. The van der Waals surface area contributed by atoms with Crippen molar-refractivity contribution in [2.45, 2.75) is 6.10 Å². The molecule has 1 aromatic carbocycles. The van der Waals surface area contributed by atoms with E-state index in [1.165, 1.54) is 30.5 Å². The van der Waals surface area contributed by atoms with Crippen LogP contribution in [0, 0.1) is 23.0 Å². The number of amides is 1. The number of ether oxygens (including phenoxy) is 1. The zero-order chi connectivity index (χ0) is 17.3. The van der Waals surface area contributed by atoms with Gasteiger partial charge in [-0.3, -0.25) is 4.90 Å². The monoisotopic (exact) mass is 331 g/mol. The van der Waals surface area contributed by atoms with Gasteiger partial charge in [-0.2, -0.15) is 5.26 Å². The van der Waals surface area contributed by atoms with Crippen molar-refractivity contribution in [3.8, 4) is 17.2 Å². The van der Waals surface area contributed by atoms with E-state index in [0.717, 1.165) is 4.90 Å². The molecule has 1 aliphatic rings. The predicted octanol–water partition coefficient (Wildman–Crippen LogP) is 2.22. The minimum atomic E-state index is -1.20. The van der Waals surface area contributed by atoms with Gasteiger partial charge in [0.05, 0.1) is 18.8 Å². The van der Waals surface area contributed by atoms with E-state index in [9.17, 15) is 13.6 Å². The van der Waals surface area contributed by atoms with Gasteiger partial charge in [-0.1, -0.05) is 0 Å². The second kappa shape index (κ2) is 6.22. The Morgan fingerprint density at radius 1 is 1.33 bits per heavy atom. The fraction of sp³-hybridized carbons (Fsp3) is 0.188. The number of hydrogen-bond acceptors (Lipinski definition) is 5. The van der Waals surface area contributed by atoms with Crippen LogP contribution in [0.4, 0.5) is 19.3 Å². The highest BCUT2D eigenvalue weighted by Crippen LogP contribution is 2.32. The lowest BCUT2D eigenvalue weighted by molar-refractivity contribution is 0.0963. The summed E-state index contributed by atoms with van der Waals surface area (Å²) in [5.74, 6) is -2.34. The van der Waals surface area contributed by atoms with E-state index in [2.05, 4.69) is 4.98 Å². The molecule has 0 bridgehead atoms. The first-order valence-corrected chi connectivity index (χ1v) is 6.98. The number of cyclic esters (lactones) is 1. The number of rotatable bonds is 3. The average Bonchev–Trinajstić information content (AvgIpc) is 2.98. The smallest absolute Gasteiger partial charge is 0.414 e. The van der Waals surface area contributed by atoms with Crippen LogP contribution in [-0.2, 0) is 4.74 Å². The van der Waals surface area contributed by atoms with Crippen LogP contribution in [0.5, 0.6) is 0 Å². The fourth-order valence-electron chi connectivity index (χ4n) is 2.40. The van der Waals surface area contributed by atoms with E-state index in [0.29, 0.717) is 5.56 Å². The van der Waals surface area contributed by atoms with Gasteiger partial charge in [-0.25, -0.2) is 18.6 Å². The van der Waals surface area contributed by atoms with Gasteiger partial charge in [0, 0.05) is 17.3 Å². The third kappa shape index (κ3) is 2.66. The minimum absolute atomic E-state index is 0.0421. The van der Waals surface area contributed by atoms with Gasteiger partial charge in [0.25, 0.3) is 0 Å². The van der Waals surface area contributed by atoms with E-state index >= 15 is 0 Å². The lowest BCUT2D eigenvalue weighted by Gasteiger charge is -2.15. The summed E-state index contributed by atoms with van der Waals surface area (Å²) in [5, 5.41) is 17.7. The number of halogens is 2. The Morgan fingerprint density at radius 2 is 2.12 bits per heavy atom. The zero-order valence-electron chi connectivity index (χ0n) is 12.2. The number of hydrogen-bond donors (Lipinski definition) is 1. The van der Waals surface area contributed by atoms with Crippen LogP contribution in [-0.4, -0.2) is 35.4 Å². The molecule has 0 unspecified atom stereocenters. The van der Waals surface area contributed by atoms with Crippen LogP contribution in [0.15, 0.2) is 30.5 Å². The Hall–Kier alpha value is -3.05. The van der Waals surface area contributed by atoms with E-state index in [1.54, 1.807) is 0 Å². The van der Waals surface area contributed by atoms with Crippen molar-refractivity contribution in [3.63, 3.8) is 0 Å². The predicted molar refractivity (Wildman–Crippen MR) is 79.0 cm³/mol. The van der Waals surface area contributed by atoms with Gasteiger partial charge in [-0.05, 0) is 24.3 Å². The van der Waals surface area contributed by atoms with Gasteiger partial charge < -0.3 is 9.84 Å².